The highest BCUT2D eigenvalue weighted by Gasteiger charge is 2.14. The Balaban J connectivity index is 1.88. The molecule has 0 saturated carbocycles. The molecule has 0 spiro atoms. The molecule has 0 fully saturated rings. The predicted octanol–water partition coefficient (Wildman–Crippen LogP) is 5.47. The highest BCUT2D eigenvalue weighted by Crippen LogP contribution is 2.27. The molecule has 0 radical (unpaired) electrons. The van der Waals surface area contributed by atoms with E-state index in [0.29, 0.717) is 29.4 Å². The number of nitrogens with one attached hydrogen (secondary N) is 1. The molecule has 0 unspecified atom stereocenters. The van der Waals surface area contributed by atoms with E-state index in [4.69, 9.17) is 9.15 Å². The first-order chi connectivity index (χ1) is 14.6. The summed E-state index contributed by atoms with van der Waals surface area (Å²) < 4.78 is 12.6. The maximum absolute atomic E-state index is 13.1. The van der Waals surface area contributed by atoms with Gasteiger partial charge in [-0.05, 0) is 55.5 Å². The minimum atomic E-state index is -0.369. The van der Waals surface area contributed by atoms with Gasteiger partial charge in [0, 0.05) is 16.1 Å². The van der Waals surface area contributed by atoms with Crippen molar-refractivity contribution in [1.29, 1.82) is 0 Å². The molecule has 1 N–H and O–H groups in total. The molecule has 0 aliphatic rings. The SMILES string of the molecule is CCOc1ccccc1N=c1oc2ccc(Br)cc2cc1C(=O)Nc1ccccn1. The molecule has 4 aromatic rings. The largest absolute Gasteiger partial charge is 0.492 e. The average Bonchev–Trinajstić information content (AvgIpc) is 2.75. The zero-order valence-corrected chi connectivity index (χ0v) is 17.7. The van der Waals surface area contributed by atoms with Crippen molar-refractivity contribution < 1.29 is 13.9 Å². The maximum atomic E-state index is 13.1. The number of aromatic nitrogens is 1. The van der Waals surface area contributed by atoms with Gasteiger partial charge in [0.2, 0.25) is 5.55 Å². The molecule has 0 saturated heterocycles. The van der Waals surface area contributed by atoms with Gasteiger partial charge in [-0.25, -0.2) is 9.98 Å². The molecule has 2 heterocycles. The number of hydrogen-bond donors (Lipinski definition) is 1. The number of carbonyl (C=O) groups excluding carboxylic acids is 1. The van der Waals surface area contributed by atoms with Gasteiger partial charge in [0.25, 0.3) is 5.91 Å². The lowest BCUT2D eigenvalue weighted by Crippen LogP contribution is -2.22. The summed E-state index contributed by atoms with van der Waals surface area (Å²) in [5, 5.41) is 3.56. The highest BCUT2D eigenvalue weighted by atomic mass is 79.9. The van der Waals surface area contributed by atoms with Crippen LogP contribution in [0.2, 0.25) is 0 Å². The number of carbonyl (C=O) groups is 1. The number of fused-ring (bicyclic) bond motifs is 1. The van der Waals surface area contributed by atoms with Crippen molar-refractivity contribution in [2.24, 2.45) is 4.99 Å². The van der Waals surface area contributed by atoms with Gasteiger partial charge in [0.05, 0.1) is 6.61 Å². The molecule has 0 aliphatic heterocycles. The lowest BCUT2D eigenvalue weighted by Gasteiger charge is -2.08. The Morgan fingerprint density at radius 2 is 1.97 bits per heavy atom. The van der Waals surface area contributed by atoms with Crippen molar-refractivity contribution in [3.05, 3.63) is 88.5 Å². The number of rotatable bonds is 5. The van der Waals surface area contributed by atoms with E-state index in [2.05, 4.69) is 31.2 Å². The van der Waals surface area contributed by atoms with Gasteiger partial charge in [0.1, 0.15) is 28.4 Å². The quantitative estimate of drug-likeness (QED) is 0.425. The van der Waals surface area contributed by atoms with Crippen molar-refractivity contribution in [3.63, 3.8) is 0 Å². The van der Waals surface area contributed by atoms with Crippen molar-refractivity contribution in [3.8, 4) is 5.75 Å². The Hall–Kier alpha value is -3.45. The van der Waals surface area contributed by atoms with Crippen molar-refractivity contribution in [1.82, 2.24) is 4.98 Å². The van der Waals surface area contributed by atoms with Gasteiger partial charge in [-0.1, -0.05) is 34.1 Å². The second-order valence-electron chi connectivity index (χ2n) is 6.33. The van der Waals surface area contributed by atoms with Crippen LogP contribution in [0.25, 0.3) is 11.0 Å². The first-order valence-corrected chi connectivity index (χ1v) is 10.2. The van der Waals surface area contributed by atoms with E-state index in [0.717, 1.165) is 9.86 Å². The number of halogens is 1. The first kappa shape index (κ1) is 19.8. The Bertz CT molecular complexity index is 1270. The number of amides is 1. The van der Waals surface area contributed by atoms with Crippen LogP contribution in [0.4, 0.5) is 11.5 Å². The van der Waals surface area contributed by atoms with E-state index in [1.165, 1.54) is 0 Å². The number of benzene rings is 2. The smallest absolute Gasteiger partial charge is 0.262 e. The van der Waals surface area contributed by atoms with E-state index >= 15 is 0 Å². The van der Waals surface area contributed by atoms with Gasteiger partial charge in [-0.2, -0.15) is 0 Å². The lowest BCUT2D eigenvalue weighted by molar-refractivity contribution is 0.102. The van der Waals surface area contributed by atoms with E-state index in [1.807, 2.05) is 49.4 Å². The summed E-state index contributed by atoms with van der Waals surface area (Å²) in [5.74, 6) is 0.687. The summed E-state index contributed by atoms with van der Waals surface area (Å²) in [6.07, 6.45) is 1.61. The van der Waals surface area contributed by atoms with Crippen molar-refractivity contribution in [2.45, 2.75) is 6.92 Å². The number of anilines is 1. The van der Waals surface area contributed by atoms with Crippen LogP contribution in [0.5, 0.6) is 5.75 Å². The van der Waals surface area contributed by atoms with Crippen LogP contribution in [0.3, 0.4) is 0 Å². The van der Waals surface area contributed by atoms with E-state index in [-0.39, 0.29) is 17.0 Å². The van der Waals surface area contributed by atoms with Crippen LogP contribution >= 0.6 is 15.9 Å². The number of ether oxygens (including phenoxy) is 1. The van der Waals surface area contributed by atoms with Crippen LogP contribution in [0.15, 0.2) is 86.8 Å². The summed E-state index contributed by atoms with van der Waals surface area (Å²) in [4.78, 5) is 21.8. The summed E-state index contributed by atoms with van der Waals surface area (Å²) in [5.41, 5.74) is 1.66. The van der Waals surface area contributed by atoms with E-state index < -0.39 is 0 Å². The predicted molar refractivity (Wildman–Crippen MR) is 119 cm³/mol. The minimum absolute atomic E-state index is 0.186. The topological polar surface area (TPSA) is 76.7 Å². The zero-order chi connectivity index (χ0) is 20.9. The molecule has 0 aliphatic carbocycles. The van der Waals surface area contributed by atoms with Gasteiger partial charge in [-0.3, -0.25) is 4.79 Å². The fraction of sp³-hybridized carbons (Fsp3) is 0.0870. The van der Waals surface area contributed by atoms with Crippen LogP contribution in [0, 0.1) is 0 Å². The van der Waals surface area contributed by atoms with Crippen LogP contribution in [0.1, 0.15) is 17.3 Å². The number of nitrogens with zero attached hydrogens (tertiary/aromatic N) is 2. The van der Waals surface area contributed by atoms with E-state index in [1.54, 1.807) is 30.5 Å². The minimum Gasteiger partial charge on any atom is -0.492 e. The number of pyridine rings is 1. The molecule has 7 heteroatoms. The van der Waals surface area contributed by atoms with Gasteiger partial charge in [0.15, 0.2) is 0 Å². The molecule has 0 bridgehead atoms. The molecule has 2 aromatic carbocycles. The molecule has 0 atom stereocenters. The Morgan fingerprint density at radius 3 is 2.77 bits per heavy atom. The average molecular weight is 464 g/mol. The lowest BCUT2D eigenvalue weighted by atomic mass is 10.1. The fourth-order valence-corrected chi connectivity index (χ4v) is 3.28. The van der Waals surface area contributed by atoms with Crippen molar-refractivity contribution in [2.75, 3.05) is 11.9 Å². The van der Waals surface area contributed by atoms with Crippen LogP contribution in [-0.2, 0) is 0 Å². The molecule has 150 valence electrons. The highest BCUT2D eigenvalue weighted by molar-refractivity contribution is 9.10. The van der Waals surface area contributed by atoms with E-state index in [9.17, 15) is 4.79 Å². The Morgan fingerprint density at radius 1 is 1.13 bits per heavy atom. The first-order valence-electron chi connectivity index (χ1n) is 9.36. The Labute approximate surface area is 181 Å². The van der Waals surface area contributed by atoms with Crippen LogP contribution < -0.4 is 15.6 Å². The Kier molecular flexibility index (Phi) is 5.90. The summed E-state index contributed by atoms with van der Waals surface area (Å²) in [6.45, 7) is 2.41. The normalized spacial score (nSPS) is 11.5. The molecule has 1 amide bonds. The third-order valence-corrected chi connectivity index (χ3v) is 4.74. The third kappa shape index (κ3) is 4.41. The third-order valence-electron chi connectivity index (χ3n) is 4.25. The summed E-state index contributed by atoms with van der Waals surface area (Å²) >= 11 is 3.45. The fourth-order valence-electron chi connectivity index (χ4n) is 2.90. The second kappa shape index (κ2) is 8.92. The number of para-hydroxylation sites is 2. The molecular formula is C23H18BrN3O3. The second-order valence-corrected chi connectivity index (χ2v) is 7.24. The number of hydrogen-bond acceptors (Lipinski definition) is 5. The monoisotopic (exact) mass is 463 g/mol. The molecule has 6 nitrogen and oxygen atoms in total. The van der Waals surface area contributed by atoms with Crippen molar-refractivity contribution >= 4 is 44.3 Å². The van der Waals surface area contributed by atoms with Gasteiger partial charge >= 0.3 is 0 Å². The molecule has 4 rings (SSSR count). The summed E-state index contributed by atoms with van der Waals surface area (Å²) in [7, 11) is 0. The maximum Gasteiger partial charge on any atom is 0.262 e. The molecular weight excluding hydrogens is 446 g/mol. The summed E-state index contributed by atoms with van der Waals surface area (Å²) in [6, 6.07) is 20.0. The molecule has 2 aromatic heterocycles. The van der Waals surface area contributed by atoms with Gasteiger partial charge < -0.3 is 14.5 Å². The van der Waals surface area contributed by atoms with Crippen LogP contribution in [-0.4, -0.2) is 17.5 Å². The standard InChI is InChI=1S/C23H18BrN3O3/c1-2-29-20-8-4-3-7-18(20)26-23-17(22(28)27-21-9-5-6-12-25-21)14-15-13-16(24)10-11-19(15)30-23/h3-14H,2H2,1H3,(H,25,27,28). The molecule has 30 heavy (non-hydrogen) atoms. The van der Waals surface area contributed by atoms with Gasteiger partial charge in [-0.15, -0.1) is 0 Å². The zero-order valence-electron chi connectivity index (χ0n) is 16.1.